The van der Waals surface area contributed by atoms with Crippen LogP contribution in [-0.2, 0) is 0 Å². The summed E-state index contributed by atoms with van der Waals surface area (Å²) in [5.74, 6) is -0.724. The third kappa shape index (κ3) is 3.79. The normalized spacial score (nSPS) is 17.8. The zero-order valence-corrected chi connectivity index (χ0v) is 13.1. The summed E-state index contributed by atoms with van der Waals surface area (Å²) in [7, 11) is 0. The molecule has 1 fully saturated rings. The lowest BCUT2D eigenvalue weighted by Crippen LogP contribution is -2.56. The summed E-state index contributed by atoms with van der Waals surface area (Å²) in [6.07, 6.45) is 5.73. The molecule has 114 valence electrons. The number of nitrogens with one attached hydrogen (secondary N) is 1. The molecule has 3 nitrogen and oxygen atoms in total. The summed E-state index contributed by atoms with van der Waals surface area (Å²) in [6.45, 7) is 1.76. The van der Waals surface area contributed by atoms with Crippen molar-refractivity contribution in [3.63, 3.8) is 0 Å². The number of aryl methyl sites for hydroxylation is 1. The summed E-state index contributed by atoms with van der Waals surface area (Å²) in [5, 5.41) is 2.97. The Labute approximate surface area is 130 Å². The van der Waals surface area contributed by atoms with Crippen LogP contribution in [0.1, 0.15) is 54.4 Å². The first-order valence-electron chi connectivity index (χ1n) is 7.33. The minimum atomic E-state index is -0.636. The lowest BCUT2D eigenvalue weighted by Gasteiger charge is -2.33. The summed E-state index contributed by atoms with van der Waals surface area (Å²) in [5.41, 5.74) is 6.29. The molecule has 0 heterocycles. The van der Waals surface area contributed by atoms with Gasteiger partial charge in [-0.05, 0) is 43.5 Å². The van der Waals surface area contributed by atoms with Crippen LogP contribution in [0.3, 0.4) is 0 Å². The SMILES string of the molecule is Cc1cc(F)cc(C(=O)NC2(C(N)=S)CCCCCC2)c1. The molecule has 0 unspecified atom stereocenters. The van der Waals surface area contributed by atoms with Gasteiger partial charge in [-0.2, -0.15) is 0 Å². The van der Waals surface area contributed by atoms with Gasteiger partial charge in [0.05, 0.1) is 10.5 Å². The number of carbonyl (C=O) groups excluding carboxylic acids is 1. The molecule has 0 aliphatic heterocycles. The Morgan fingerprint density at radius 2 is 1.86 bits per heavy atom. The molecule has 1 amide bonds. The molecule has 1 saturated carbocycles. The second kappa shape index (κ2) is 6.52. The van der Waals surface area contributed by atoms with Gasteiger partial charge in [-0.3, -0.25) is 4.79 Å². The van der Waals surface area contributed by atoms with Crippen LogP contribution in [-0.4, -0.2) is 16.4 Å². The van der Waals surface area contributed by atoms with Crippen molar-refractivity contribution >= 4 is 23.1 Å². The molecule has 0 saturated heterocycles. The molecular formula is C16H21FN2OS. The van der Waals surface area contributed by atoms with Crippen LogP contribution in [0.5, 0.6) is 0 Å². The molecule has 0 radical (unpaired) electrons. The first-order valence-corrected chi connectivity index (χ1v) is 7.73. The van der Waals surface area contributed by atoms with Crippen molar-refractivity contribution in [3.8, 4) is 0 Å². The standard InChI is InChI=1S/C16H21FN2OS/c1-11-8-12(10-13(17)9-11)14(20)19-16(15(18)21)6-4-2-3-5-7-16/h8-10H,2-7H2,1H3,(H2,18,21)(H,19,20). The van der Waals surface area contributed by atoms with E-state index in [4.69, 9.17) is 18.0 Å². The molecule has 1 aromatic rings. The molecular weight excluding hydrogens is 287 g/mol. The van der Waals surface area contributed by atoms with Gasteiger partial charge in [0.2, 0.25) is 0 Å². The molecule has 0 bridgehead atoms. The zero-order valence-electron chi connectivity index (χ0n) is 12.2. The maximum Gasteiger partial charge on any atom is 0.252 e. The third-order valence-corrected chi connectivity index (χ3v) is 4.48. The number of hydrogen-bond donors (Lipinski definition) is 2. The molecule has 1 aliphatic carbocycles. The average molecular weight is 308 g/mol. The molecule has 0 spiro atoms. The topological polar surface area (TPSA) is 55.1 Å². The fourth-order valence-electron chi connectivity index (χ4n) is 2.92. The lowest BCUT2D eigenvalue weighted by atomic mass is 9.89. The average Bonchev–Trinajstić information content (AvgIpc) is 2.64. The fraction of sp³-hybridized carbons (Fsp3) is 0.500. The van der Waals surface area contributed by atoms with E-state index in [0.29, 0.717) is 16.1 Å². The molecule has 21 heavy (non-hydrogen) atoms. The number of thiocarbonyl (C=S) groups is 1. The number of halogens is 1. The highest BCUT2D eigenvalue weighted by Crippen LogP contribution is 2.28. The van der Waals surface area contributed by atoms with Gasteiger partial charge in [-0.25, -0.2) is 4.39 Å². The summed E-state index contributed by atoms with van der Waals surface area (Å²) in [6, 6.07) is 4.31. The van der Waals surface area contributed by atoms with Crippen LogP contribution in [0.2, 0.25) is 0 Å². The van der Waals surface area contributed by atoms with Gasteiger partial charge >= 0.3 is 0 Å². The van der Waals surface area contributed by atoms with E-state index in [1.54, 1.807) is 13.0 Å². The van der Waals surface area contributed by atoms with Crippen LogP contribution in [0.25, 0.3) is 0 Å². The number of carbonyl (C=O) groups is 1. The van der Waals surface area contributed by atoms with Crippen LogP contribution < -0.4 is 11.1 Å². The molecule has 2 rings (SSSR count). The van der Waals surface area contributed by atoms with Gasteiger partial charge in [-0.1, -0.05) is 37.9 Å². The number of rotatable bonds is 3. The first-order chi connectivity index (χ1) is 9.93. The van der Waals surface area contributed by atoms with Gasteiger partial charge < -0.3 is 11.1 Å². The maximum absolute atomic E-state index is 13.5. The predicted molar refractivity (Wildman–Crippen MR) is 85.8 cm³/mol. The van der Waals surface area contributed by atoms with Gasteiger partial charge in [0, 0.05) is 5.56 Å². The largest absolute Gasteiger partial charge is 0.391 e. The zero-order chi connectivity index (χ0) is 15.5. The maximum atomic E-state index is 13.5. The van der Waals surface area contributed by atoms with E-state index >= 15 is 0 Å². The van der Waals surface area contributed by atoms with Crippen molar-refractivity contribution < 1.29 is 9.18 Å². The monoisotopic (exact) mass is 308 g/mol. The van der Waals surface area contributed by atoms with Crippen LogP contribution in [0.4, 0.5) is 4.39 Å². The minimum Gasteiger partial charge on any atom is -0.391 e. The van der Waals surface area contributed by atoms with Crippen molar-refractivity contribution in [1.82, 2.24) is 5.32 Å². The highest BCUT2D eigenvalue weighted by molar-refractivity contribution is 7.80. The molecule has 5 heteroatoms. The van der Waals surface area contributed by atoms with Crippen LogP contribution >= 0.6 is 12.2 Å². The Bertz CT molecular complexity index is 531. The molecule has 0 atom stereocenters. The molecule has 0 aromatic heterocycles. The number of benzene rings is 1. The Kier molecular flexibility index (Phi) is 4.93. The van der Waals surface area contributed by atoms with Crippen molar-refractivity contribution in [2.24, 2.45) is 5.73 Å². The molecule has 1 aliphatic rings. The quantitative estimate of drug-likeness (QED) is 0.666. The highest BCUT2D eigenvalue weighted by atomic mass is 32.1. The lowest BCUT2D eigenvalue weighted by molar-refractivity contribution is 0.0917. The van der Waals surface area contributed by atoms with Crippen molar-refractivity contribution in [2.45, 2.75) is 51.0 Å². The van der Waals surface area contributed by atoms with E-state index in [0.717, 1.165) is 38.5 Å². The number of nitrogens with two attached hydrogens (primary N) is 1. The smallest absolute Gasteiger partial charge is 0.252 e. The molecule has 3 N–H and O–H groups in total. The van der Waals surface area contributed by atoms with Crippen molar-refractivity contribution in [1.29, 1.82) is 0 Å². The number of hydrogen-bond acceptors (Lipinski definition) is 2. The van der Waals surface area contributed by atoms with Crippen LogP contribution in [0.15, 0.2) is 18.2 Å². The predicted octanol–water partition coefficient (Wildman–Crippen LogP) is 3.24. The first kappa shape index (κ1) is 15.9. The minimum absolute atomic E-state index is 0.312. The summed E-state index contributed by atoms with van der Waals surface area (Å²) in [4.78, 5) is 12.8. The summed E-state index contributed by atoms with van der Waals surface area (Å²) < 4.78 is 13.5. The number of amides is 1. The van der Waals surface area contributed by atoms with Gasteiger partial charge in [0.25, 0.3) is 5.91 Å². The van der Waals surface area contributed by atoms with Gasteiger partial charge in [0.15, 0.2) is 0 Å². The van der Waals surface area contributed by atoms with Crippen molar-refractivity contribution in [3.05, 3.63) is 35.1 Å². The second-order valence-electron chi connectivity index (χ2n) is 5.83. The Balaban J connectivity index is 2.23. The highest BCUT2D eigenvalue weighted by Gasteiger charge is 2.35. The van der Waals surface area contributed by atoms with Gasteiger partial charge in [0.1, 0.15) is 5.82 Å². The van der Waals surface area contributed by atoms with E-state index in [2.05, 4.69) is 5.32 Å². The Morgan fingerprint density at radius 1 is 1.24 bits per heavy atom. The van der Waals surface area contributed by atoms with Crippen LogP contribution in [0, 0.1) is 12.7 Å². The Morgan fingerprint density at radius 3 is 2.38 bits per heavy atom. The molecule has 1 aromatic carbocycles. The van der Waals surface area contributed by atoms with E-state index in [1.165, 1.54) is 12.1 Å². The van der Waals surface area contributed by atoms with Crippen molar-refractivity contribution in [2.75, 3.05) is 0 Å². The second-order valence-corrected chi connectivity index (χ2v) is 6.27. The fourth-order valence-corrected chi connectivity index (χ4v) is 3.18. The van der Waals surface area contributed by atoms with E-state index in [-0.39, 0.29) is 5.91 Å². The van der Waals surface area contributed by atoms with E-state index < -0.39 is 11.4 Å². The van der Waals surface area contributed by atoms with E-state index in [1.807, 2.05) is 0 Å². The Hall–Kier alpha value is -1.49. The van der Waals surface area contributed by atoms with E-state index in [9.17, 15) is 9.18 Å². The summed E-state index contributed by atoms with van der Waals surface area (Å²) >= 11 is 5.20. The third-order valence-electron chi connectivity index (χ3n) is 4.09. The van der Waals surface area contributed by atoms with Gasteiger partial charge in [-0.15, -0.1) is 0 Å².